The lowest BCUT2D eigenvalue weighted by Crippen LogP contribution is -2.60. The van der Waals surface area contributed by atoms with Gasteiger partial charge in [-0.1, -0.05) is 30.3 Å². The summed E-state index contributed by atoms with van der Waals surface area (Å²) in [6.45, 7) is -0.823. The minimum atomic E-state index is -1.63. The average Bonchev–Trinajstić information content (AvgIpc) is 2.81. The minimum Gasteiger partial charge on any atom is -0.394 e. The smallest absolute Gasteiger partial charge is 0.207 e. The molecular weight excluding hydrogens is 426 g/mol. The number of ether oxygens (including phenoxy) is 3. The molecular formula is C21H33NO10. The van der Waals surface area contributed by atoms with Gasteiger partial charge in [0.25, 0.3) is 0 Å². The highest BCUT2D eigenvalue weighted by Gasteiger charge is 2.44. The average molecular weight is 459 g/mol. The highest BCUT2D eigenvalue weighted by Crippen LogP contribution is 2.22. The van der Waals surface area contributed by atoms with Gasteiger partial charge in [0, 0.05) is 6.61 Å². The Balaban J connectivity index is 1.77. The molecule has 0 saturated carbocycles. The highest BCUT2D eigenvalue weighted by atomic mass is 16.7. The van der Waals surface area contributed by atoms with Crippen LogP contribution in [-0.4, -0.2) is 112 Å². The molecule has 1 heterocycles. The first-order valence-corrected chi connectivity index (χ1v) is 10.5. The molecule has 1 aromatic carbocycles. The second-order valence-electron chi connectivity index (χ2n) is 7.64. The Hall–Kier alpha value is -1.67. The van der Waals surface area contributed by atoms with Crippen LogP contribution >= 0.6 is 0 Å². The maximum atomic E-state index is 10.9. The van der Waals surface area contributed by atoms with Gasteiger partial charge in [-0.15, -0.1) is 0 Å². The molecule has 32 heavy (non-hydrogen) atoms. The van der Waals surface area contributed by atoms with Gasteiger partial charge in [0.05, 0.1) is 25.9 Å². The van der Waals surface area contributed by atoms with Crippen molar-refractivity contribution in [2.45, 2.75) is 61.8 Å². The van der Waals surface area contributed by atoms with Crippen molar-refractivity contribution in [3.8, 4) is 0 Å². The van der Waals surface area contributed by atoms with Crippen molar-refractivity contribution in [1.82, 2.24) is 5.32 Å². The van der Waals surface area contributed by atoms with E-state index in [0.717, 1.165) is 18.4 Å². The molecule has 1 amide bonds. The molecule has 1 aromatic rings. The number of aliphatic hydroxyl groups excluding tert-OH is 6. The molecule has 1 aliphatic heterocycles. The monoisotopic (exact) mass is 459 g/mol. The van der Waals surface area contributed by atoms with Crippen molar-refractivity contribution in [1.29, 1.82) is 0 Å². The van der Waals surface area contributed by atoms with Crippen LogP contribution in [0.3, 0.4) is 0 Å². The van der Waals surface area contributed by atoms with E-state index in [1.165, 1.54) is 0 Å². The van der Waals surface area contributed by atoms with E-state index in [9.17, 15) is 35.4 Å². The number of benzene rings is 1. The number of aliphatic hydroxyl groups is 6. The van der Waals surface area contributed by atoms with E-state index < -0.39 is 62.2 Å². The maximum Gasteiger partial charge on any atom is 0.207 e. The van der Waals surface area contributed by atoms with Gasteiger partial charge < -0.3 is 50.2 Å². The van der Waals surface area contributed by atoms with Crippen LogP contribution < -0.4 is 5.32 Å². The van der Waals surface area contributed by atoms with Crippen LogP contribution in [0.4, 0.5) is 0 Å². The van der Waals surface area contributed by atoms with Crippen LogP contribution in [-0.2, 0) is 25.4 Å². The van der Waals surface area contributed by atoms with Gasteiger partial charge >= 0.3 is 0 Å². The Kier molecular flexibility index (Phi) is 11.4. The number of amides is 1. The molecule has 11 nitrogen and oxygen atoms in total. The van der Waals surface area contributed by atoms with Crippen molar-refractivity contribution in [2.75, 3.05) is 26.4 Å². The van der Waals surface area contributed by atoms with Gasteiger partial charge in [0.2, 0.25) is 6.41 Å². The molecule has 1 fully saturated rings. The van der Waals surface area contributed by atoms with Crippen LogP contribution in [0.15, 0.2) is 30.3 Å². The Morgan fingerprint density at radius 3 is 2.44 bits per heavy atom. The zero-order valence-corrected chi connectivity index (χ0v) is 17.6. The van der Waals surface area contributed by atoms with Crippen LogP contribution in [0.5, 0.6) is 0 Å². The van der Waals surface area contributed by atoms with Crippen molar-refractivity contribution < 1.29 is 49.6 Å². The molecule has 8 atom stereocenters. The van der Waals surface area contributed by atoms with Crippen LogP contribution in [0.1, 0.15) is 12.0 Å². The van der Waals surface area contributed by atoms with Crippen molar-refractivity contribution in [3.05, 3.63) is 35.9 Å². The Labute approximate surface area is 186 Å². The van der Waals surface area contributed by atoms with E-state index in [0.29, 0.717) is 13.0 Å². The highest BCUT2D eigenvalue weighted by molar-refractivity contribution is 5.46. The lowest BCUT2D eigenvalue weighted by Gasteiger charge is -2.40. The normalized spacial score (nSPS) is 28.6. The molecule has 2 unspecified atom stereocenters. The summed E-state index contributed by atoms with van der Waals surface area (Å²) in [6, 6.07) is 8.75. The molecule has 1 aliphatic rings. The number of aryl methyl sites for hydroxylation is 1. The quantitative estimate of drug-likeness (QED) is 0.114. The first-order valence-electron chi connectivity index (χ1n) is 10.5. The first-order chi connectivity index (χ1) is 15.4. The second kappa shape index (κ2) is 13.8. The predicted molar refractivity (Wildman–Crippen MR) is 110 cm³/mol. The third kappa shape index (κ3) is 7.73. The molecule has 0 aromatic heterocycles. The number of hydrogen-bond donors (Lipinski definition) is 7. The second-order valence-corrected chi connectivity index (χ2v) is 7.64. The van der Waals surface area contributed by atoms with Crippen molar-refractivity contribution in [2.24, 2.45) is 0 Å². The standard InChI is InChI=1S/C21H33NO10/c23-9-16-18(27)19(28)20(29)21(32-16)31-10-14(22-12-24)17(26)15(25)11-30-8-4-7-13-5-2-1-3-6-13/h1-3,5-6,12,14-21,23,25-29H,4,7-11H2,(H,22,24)/t14-,15+,16?,17-,18-,19?,20-,21-/m0/s1. The van der Waals surface area contributed by atoms with E-state index in [1.807, 2.05) is 30.3 Å². The zero-order valence-electron chi connectivity index (χ0n) is 17.6. The van der Waals surface area contributed by atoms with E-state index in [4.69, 9.17) is 14.2 Å². The summed E-state index contributed by atoms with van der Waals surface area (Å²) < 4.78 is 16.0. The van der Waals surface area contributed by atoms with Gasteiger partial charge in [-0.3, -0.25) is 4.79 Å². The van der Waals surface area contributed by atoms with Gasteiger partial charge in [-0.2, -0.15) is 0 Å². The van der Waals surface area contributed by atoms with Crippen LogP contribution in [0.2, 0.25) is 0 Å². The third-order valence-electron chi connectivity index (χ3n) is 5.26. The fourth-order valence-corrected chi connectivity index (χ4v) is 3.33. The molecule has 0 bridgehead atoms. The number of carbonyl (C=O) groups excluding carboxylic acids is 1. The Morgan fingerprint density at radius 1 is 1.06 bits per heavy atom. The molecule has 182 valence electrons. The number of carbonyl (C=O) groups is 1. The van der Waals surface area contributed by atoms with Crippen LogP contribution in [0.25, 0.3) is 0 Å². The fraction of sp³-hybridized carbons (Fsp3) is 0.667. The van der Waals surface area contributed by atoms with E-state index in [1.54, 1.807) is 0 Å². The summed E-state index contributed by atoms with van der Waals surface area (Å²) >= 11 is 0. The molecule has 0 spiro atoms. The Bertz CT molecular complexity index is 649. The van der Waals surface area contributed by atoms with E-state index >= 15 is 0 Å². The van der Waals surface area contributed by atoms with Gasteiger partial charge in [0.1, 0.15) is 36.6 Å². The molecule has 0 aliphatic carbocycles. The summed E-state index contributed by atoms with van der Waals surface area (Å²) in [5.74, 6) is 0. The molecule has 7 N–H and O–H groups in total. The summed E-state index contributed by atoms with van der Waals surface area (Å²) in [6.07, 6.45) is -8.31. The van der Waals surface area contributed by atoms with Crippen LogP contribution in [0, 0.1) is 0 Å². The largest absolute Gasteiger partial charge is 0.394 e. The van der Waals surface area contributed by atoms with E-state index in [-0.39, 0.29) is 6.61 Å². The Morgan fingerprint density at radius 2 is 1.78 bits per heavy atom. The summed E-state index contributed by atoms with van der Waals surface area (Å²) in [5.41, 5.74) is 1.16. The number of hydrogen-bond acceptors (Lipinski definition) is 10. The summed E-state index contributed by atoms with van der Waals surface area (Å²) in [7, 11) is 0. The van der Waals surface area contributed by atoms with Gasteiger partial charge in [-0.25, -0.2) is 0 Å². The maximum absolute atomic E-state index is 10.9. The molecule has 0 radical (unpaired) electrons. The fourth-order valence-electron chi connectivity index (χ4n) is 3.33. The SMILES string of the molecule is O=CN[C@@H](CO[C@H]1OC(CO)[C@H](O)C(O)[C@@H]1O)[C@H](O)[C@H](O)COCCCc1ccccc1. The van der Waals surface area contributed by atoms with Crippen molar-refractivity contribution in [3.63, 3.8) is 0 Å². The minimum absolute atomic E-state index is 0.174. The molecule has 1 saturated heterocycles. The molecule has 2 rings (SSSR count). The zero-order chi connectivity index (χ0) is 23.5. The van der Waals surface area contributed by atoms with Gasteiger partial charge in [-0.05, 0) is 18.4 Å². The van der Waals surface area contributed by atoms with Gasteiger partial charge in [0.15, 0.2) is 6.29 Å². The lowest BCUT2D eigenvalue weighted by atomic mass is 9.99. The summed E-state index contributed by atoms with van der Waals surface area (Å²) in [4.78, 5) is 10.9. The van der Waals surface area contributed by atoms with E-state index in [2.05, 4.69) is 5.32 Å². The summed E-state index contributed by atoms with van der Waals surface area (Å²) in [5, 5.41) is 61.7. The number of nitrogens with one attached hydrogen (secondary N) is 1. The first kappa shape index (κ1) is 26.6. The topological polar surface area (TPSA) is 178 Å². The predicted octanol–water partition coefficient (Wildman–Crippen LogP) is -2.71. The van der Waals surface area contributed by atoms with Crippen molar-refractivity contribution >= 4 is 6.41 Å². The lowest BCUT2D eigenvalue weighted by molar-refractivity contribution is -0.303. The third-order valence-corrected chi connectivity index (χ3v) is 5.26. The molecule has 11 heteroatoms. The number of rotatable bonds is 14.